The zero-order valence-electron chi connectivity index (χ0n) is 12.7. The Balaban J connectivity index is 2.43. The molecule has 0 spiro atoms. The van der Waals surface area contributed by atoms with Crippen LogP contribution in [0.5, 0.6) is 5.75 Å². The van der Waals surface area contributed by atoms with Gasteiger partial charge in [0.1, 0.15) is 5.75 Å². The highest BCUT2D eigenvalue weighted by atomic mass is 16.5. The van der Waals surface area contributed by atoms with Gasteiger partial charge in [-0.2, -0.15) is 0 Å². The van der Waals surface area contributed by atoms with Crippen LogP contribution >= 0.6 is 0 Å². The van der Waals surface area contributed by atoms with Gasteiger partial charge in [0.15, 0.2) is 0 Å². The van der Waals surface area contributed by atoms with Gasteiger partial charge in [-0.25, -0.2) is 0 Å². The molecular formula is C17H27NO. The fraction of sp³-hybridized carbons (Fsp3) is 0.647. The summed E-state index contributed by atoms with van der Waals surface area (Å²) in [7, 11) is 1.76. The maximum atomic E-state index is 6.22. The molecule has 0 saturated heterocycles. The maximum Gasteiger partial charge on any atom is 0.122 e. The second-order valence-corrected chi connectivity index (χ2v) is 5.92. The molecule has 1 fully saturated rings. The van der Waals surface area contributed by atoms with E-state index in [9.17, 15) is 0 Å². The summed E-state index contributed by atoms with van der Waals surface area (Å²) in [5, 5.41) is 0. The lowest BCUT2D eigenvalue weighted by Gasteiger charge is -2.24. The van der Waals surface area contributed by atoms with Gasteiger partial charge in [-0.1, -0.05) is 26.0 Å². The van der Waals surface area contributed by atoms with Crippen LogP contribution in [0.4, 0.5) is 0 Å². The molecule has 1 saturated carbocycles. The Kier molecular flexibility index (Phi) is 4.19. The lowest BCUT2D eigenvalue weighted by atomic mass is 9.84. The summed E-state index contributed by atoms with van der Waals surface area (Å²) in [4.78, 5) is 0. The smallest absolute Gasteiger partial charge is 0.122 e. The normalized spacial score (nSPS) is 18.4. The van der Waals surface area contributed by atoms with Gasteiger partial charge in [0.25, 0.3) is 0 Å². The average molecular weight is 261 g/mol. The first-order valence-electron chi connectivity index (χ1n) is 7.53. The van der Waals surface area contributed by atoms with E-state index in [0.717, 1.165) is 5.75 Å². The van der Waals surface area contributed by atoms with Crippen molar-refractivity contribution in [3.05, 3.63) is 29.3 Å². The van der Waals surface area contributed by atoms with Crippen LogP contribution in [0.25, 0.3) is 0 Å². The van der Waals surface area contributed by atoms with E-state index in [1.165, 1.54) is 36.8 Å². The Morgan fingerprint density at radius 3 is 2.32 bits per heavy atom. The number of hydrogen-bond donors (Lipinski definition) is 1. The van der Waals surface area contributed by atoms with E-state index in [0.29, 0.717) is 5.92 Å². The predicted octanol–water partition coefficient (Wildman–Crippen LogP) is 3.98. The van der Waals surface area contributed by atoms with Gasteiger partial charge in [0, 0.05) is 17.0 Å². The Hall–Kier alpha value is -1.02. The van der Waals surface area contributed by atoms with Crippen molar-refractivity contribution in [2.75, 3.05) is 7.11 Å². The van der Waals surface area contributed by atoms with Crippen molar-refractivity contribution in [1.82, 2.24) is 0 Å². The largest absolute Gasteiger partial charge is 0.496 e. The van der Waals surface area contributed by atoms with Crippen LogP contribution in [0, 0.1) is 0 Å². The van der Waals surface area contributed by atoms with E-state index < -0.39 is 0 Å². The molecule has 1 aliphatic carbocycles. The maximum absolute atomic E-state index is 6.22. The van der Waals surface area contributed by atoms with Gasteiger partial charge in [-0.15, -0.1) is 0 Å². The summed E-state index contributed by atoms with van der Waals surface area (Å²) in [6.07, 6.45) is 4.75. The third kappa shape index (κ3) is 2.51. The molecule has 0 aromatic heterocycles. The van der Waals surface area contributed by atoms with E-state index in [-0.39, 0.29) is 11.5 Å². The highest BCUT2D eigenvalue weighted by Crippen LogP contribution is 2.53. The molecule has 0 aliphatic heterocycles. The molecule has 2 N–H and O–H groups in total. The van der Waals surface area contributed by atoms with Crippen molar-refractivity contribution in [3.8, 4) is 5.75 Å². The molecule has 19 heavy (non-hydrogen) atoms. The van der Waals surface area contributed by atoms with Crippen molar-refractivity contribution in [2.45, 2.75) is 63.8 Å². The highest BCUT2D eigenvalue weighted by Gasteiger charge is 2.49. The van der Waals surface area contributed by atoms with Crippen molar-refractivity contribution < 1.29 is 4.74 Å². The van der Waals surface area contributed by atoms with Crippen LogP contribution in [-0.2, 0) is 5.41 Å². The van der Waals surface area contributed by atoms with Gasteiger partial charge in [-0.05, 0) is 50.2 Å². The summed E-state index contributed by atoms with van der Waals surface area (Å²) in [5.41, 5.74) is 9.15. The standard InChI is InChI=1S/C17H27NO/c1-5-13(6-2)14-7-8-16(19-4)15(11-14)17(9-10-17)12(3)18/h7-8,11-13H,5-6,9-10,18H2,1-4H3. The van der Waals surface area contributed by atoms with Crippen LogP contribution in [-0.4, -0.2) is 13.2 Å². The molecule has 1 atom stereocenters. The average Bonchev–Trinajstić information content (AvgIpc) is 3.21. The molecule has 0 bridgehead atoms. The van der Waals surface area contributed by atoms with Gasteiger partial charge >= 0.3 is 0 Å². The fourth-order valence-electron chi connectivity index (χ4n) is 3.23. The van der Waals surface area contributed by atoms with E-state index in [1.54, 1.807) is 7.11 Å². The van der Waals surface area contributed by atoms with E-state index in [1.807, 2.05) is 0 Å². The van der Waals surface area contributed by atoms with Gasteiger partial charge < -0.3 is 10.5 Å². The van der Waals surface area contributed by atoms with E-state index >= 15 is 0 Å². The minimum Gasteiger partial charge on any atom is -0.496 e. The minimum absolute atomic E-state index is 0.160. The lowest BCUT2D eigenvalue weighted by molar-refractivity contribution is 0.398. The van der Waals surface area contributed by atoms with Crippen molar-refractivity contribution in [1.29, 1.82) is 0 Å². The third-order valence-corrected chi connectivity index (χ3v) is 4.88. The van der Waals surface area contributed by atoms with E-state index in [2.05, 4.69) is 39.0 Å². The van der Waals surface area contributed by atoms with Gasteiger partial charge in [0.2, 0.25) is 0 Å². The molecule has 2 heteroatoms. The number of hydrogen-bond acceptors (Lipinski definition) is 2. The Morgan fingerprint density at radius 1 is 1.26 bits per heavy atom. The summed E-state index contributed by atoms with van der Waals surface area (Å²) in [5.74, 6) is 1.65. The monoisotopic (exact) mass is 261 g/mol. The SMILES string of the molecule is CCC(CC)c1ccc(OC)c(C2(C(C)N)CC2)c1. The molecule has 1 aliphatic rings. The van der Waals surface area contributed by atoms with Crippen molar-refractivity contribution in [3.63, 3.8) is 0 Å². The topological polar surface area (TPSA) is 35.2 Å². The first-order chi connectivity index (χ1) is 9.08. The summed E-state index contributed by atoms with van der Waals surface area (Å²) in [6.45, 7) is 6.64. The number of methoxy groups -OCH3 is 1. The third-order valence-electron chi connectivity index (χ3n) is 4.88. The first-order valence-corrected chi connectivity index (χ1v) is 7.53. The molecule has 0 heterocycles. The Labute approximate surface area is 117 Å². The molecule has 0 radical (unpaired) electrons. The quantitative estimate of drug-likeness (QED) is 0.840. The summed E-state index contributed by atoms with van der Waals surface area (Å²) >= 11 is 0. The van der Waals surface area contributed by atoms with Crippen molar-refractivity contribution >= 4 is 0 Å². The van der Waals surface area contributed by atoms with Crippen LogP contribution < -0.4 is 10.5 Å². The zero-order valence-corrected chi connectivity index (χ0v) is 12.7. The molecule has 2 rings (SSSR count). The molecule has 1 aromatic carbocycles. The van der Waals surface area contributed by atoms with Crippen LogP contribution in [0.1, 0.15) is 63.5 Å². The van der Waals surface area contributed by atoms with Gasteiger partial charge in [0.05, 0.1) is 7.11 Å². The molecule has 1 unspecified atom stereocenters. The number of rotatable bonds is 6. The second kappa shape index (κ2) is 5.54. The first kappa shape index (κ1) is 14.4. The molecule has 106 valence electrons. The second-order valence-electron chi connectivity index (χ2n) is 5.92. The predicted molar refractivity (Wildman–Crippen MR) is 80.9 cm³/mol. The zero-order chi connectivity index (χ0) is 14.0. The minimum atomic E-state index is 0.160. The number of benzene rings is 1. The fourth-order valence-corrected chi connectivity index (χ4v) is 3.23. The van der Waals surface area contributed by atoms with E-state index in [4.69, 9.17) is 10.5 Å². The number of ether oxygens (including phenoxy) is 1. The Morgan fingerprint density at radius 2 is 1.89 bits per heavy atom. The lowest BCUT2D eigenvalue weighted by Crippen LogP contribution is -2.32. The number of nitrogens with two attached hydrogens (primary N) is 1. The van der Waals surface area contributed by atoms with Crippen LogP contribution in [0.15, 0.2) is 18.2 Å². The van der Waals surface area contributed by atoms with Crippen molar-refractivity contribution in [2.24, 2.45) is 5.73 Å². The Bertz CT molecular complexity index is 431. The molecular weight excluding hydrogens is 234 g/mol. The molecule has 2 nitrogen and oxygen atoms in total. The highest BCUT2D eigenvalue weighted by molar-refractivity contribution is 5.47. The molecule has 0 amide bonds. The van der Waals surface area contributed by atoms with Crippen LogP contribution in [0.3, 0.4) is 0 Å². The summed E-state index contributed by atoms with van der Waals surface area (Å²) in [6, 6.07) is 6.90. The van der Waals surface area contributed by atoms with Crippen LogP contribution in [0.2, 0.25) is 0 Å². The summed E-state index contributed by atoms with van der Waals surface area (Å²) < 4.78 is 5.57. The molecule has 1 aromatic rings. The van der Waals surface area contributed by atoms with Gasteiger partial charge in [-0.3, -0.25) is 0 Å².